The van der Waals surface area contributed by atoms with Gasteiger partial charge in [-0.05, 0) is 20.8 Å². The molecule has 1 aromatic heterocycles. The molecule has 1 aromatic rings. The Morgan fingerprint density at radius 2 is 2.11 bits per heavy atom. The van der Waals surface area contributed by atoms with Gasteiger partial charge in [0.25, 0.3) is 0 Å². The molecule has 0 radical (unpaired) electrons. The number of rotatable bonds is 2. The molecule has 0 aromatic carbocycles. The van der Waals surface area contributed by atoms with Crippen LogP contribution in [0.2, 0.25) is 0 Å². The Kier molecular flexibility index (Phi) is 3.59. The first-order valence-electron chi connectivity index (χ1n) is 6.22. The van der Waals surface area contributed by atoms with Gasteiger partial charge in [0.1, 0.15) is 11.9 Å². The molecule has 0 aliphatic carbocycles. The highest BCUT2D eigenvalue weighted by Crippen LogP contribution is 2.32. The van der Waals surface area contributed by atoms with Gasteiger partial charge in [0.2, 0.25) is 5.88 Å². The molecule has 1 saturated heterocycles. The van der Waals surface area contributed by atoms with Gasteiger partial charge in [-0.1, -0.05) is 0 Å². The average Bonchev–Trinajstić information content (AvgIpc) is 2.25. The lowest BCUT2D eigenvalue weighted by Crippen LogP contribution is -2.50. The van der Waals surface area contributed by atoms with E-state index in [1.807, 2.05) is 20.8 Å². The van der Waals surface area contributed by atoms with E-state index in [1.54, 1.807) is 18.2 Å². The standard InChI is InChI=1S/C13H19N3O3/c1-13(2,3)19-12(17)16-6-9(7-16)10-5-14-8-15-11(10)18-4/h5,8-9H,6-7H2,1-4H3. The summed E-state index contributed by atoms with van der Waals surface area (Å²) in [5, 5.41) is 0. The van der Waals surface area contributed by atoms with Crippen LogP contribution in [0.4, 0.5) is 4.79 Å². The number of nitrogens with zero attached hydrogens (tertiary/aromatic N) is 3. The molecule has 6 nitrogen and oxygen atoms in total. The normalized spacial score (nSPS) is 15.9. The number of ether oxygens (including phenoxy) is 2. The zero-order valence-electron chi connectivity index (χ0n) is 11.7. The molecule has 0 unspecified atom stereocenters. The highest BCUT2D eigenvalue weighted by molar-refractivity contribution is 5.69. The van der Waals surface area contributed by atoms with Gasteiger partial charge in [0, 0.05) is 30.8 Å². The minimum Gasteiger partial charge on any atom is -0.481 e. The van der Waals surface area contributed by atoms with Crippen LogP contribution in [0.3, 0.4) is 0 Å². The van der Waals surface area contributed by atoms with Crippen molar-refractivity contribution < 1.29 is 14.3 Å². The van der Waals surface area contributed by atoms with E-state index in [1.165, 1.54) is 6.33 Å². The first kappa shape index (κ1) is 13.6. The van der Waals surface area contributed by atoms with Gasteiger partial charge in [-0.2, -0.15) is 0 Å². The van der Waals surface area contributed by atoms with E-state index in [4.69, 9.17) is 9.47 Å². The second-order valence-corrected chi connectivity index (χ2v) is 5.57. The molecule has 0 N–H and O–H groups in total. The van der Waals surface area contributed by atoms with Crippen molar-refractivity contribution in [1.29, 1.82) is 0 Å². The number of carbonyl (C=O) groups is 1. The van der Waals surface area contributed by atoms with Gasteiger partial charge >= 0.3 is 6.09 Å². The summed E-state index contributed by atoms with van der Waals surface area (Å²) in [7, 11) is 1.58. The van der Waals surface area contributed by atoms with Crippen molar-refractivity contribution in [3.8, 4) is 5.88 Å². The van der Waals surface area contributed by atoms with Gasteiger partial charge in [-0.25, -0.2) is 14.8 Å². The third-order valence-corrected chi connectivity index (χ3v) is 2.87. The number of carbonyl (C=O) groups excluding carboxylic acids is 1. The lowest BCUT2D eigenvalue weighted by atomic mass is 9.93. The monoisotopic (exact) mass is 265 g/mol. The molecular weight excluding hydrogens is 246 g/mol. The summed E-state index contributed by atoms with van der Waals surface area (Å²) in [6.45, 7) is 6.79. The second kappa shape index (κ2) is 5.03. The van der Waals surface area contributed by atoms with E-state index in [-0.39, 0.29) is 12.0 Å². The van der Waals surface area contributed by atoms with Crippen LogP contribution in [0, 0.1) is 0 Å². The van der Waals surface area contributed by atoms with E-state index in [0.717, 1.165) is 5.56 Å². The molecule has 0 saturated carbocycles. The van der Waals surface area contributed by atoms with E-state index in [2.05, 4.69) is 9.97 Å². The third kappa shape index (κ3) is 3.13. The Balaban J connectivity index is 1.94. The van der Waals surface area contributed by atoms with Crippen molar-refractivity contribution in [2.45, 2.75) is 32.3 Å². The van der Waals surface area contributed by atoms with E-state index in [0.29, 0.717) is 19.0 Å². The maximum Gasteiger partial charge on any atom is 0.410 e. The van der Waals surface area contributed by atoms with Gasteiger partial charge in [-0.3, -0.25) is 0 Å². The zero-order valence-corrected chi connectivity index (χ0v) is 11.7. The van der Waals surface area contributed by atoms with Crippen molar-refractivity contribution in [3.63, 3.8) is 0 Å². The fraction of sp³-hybridized carbons (Fsp3) is 0.615. The Labute approximate surface area is 112 Å². The molecule has 1 aliphatic rings. The highest BCUT2D eigenvalue weighted by atomic mass is 16.6. The summed E-state index contributed by atoms with van der Waals surface area (Å²) < 4.78 is 10.5. The van der Waals surface area contributed by atoms with Crippen LogP contribution in [0.5, 0.6) is 5.88 Å². The van der Waals surface area contributed by atoms with E-state index in [9.17, 15) is 4.79 Å². The van der Waals surface area contributed by atoms with Crippen molar-refractivity contribution >= 4 is 6.09 Å². The van der Waals surface area contributed by atoms with Crippen LogP contribution in [0.25, 0.3) is 0 Å². The summed E-state index contributed by atoms with van der Waals surface area (Å²) >= 11 is 0. The van der Waals surface area contributed by atoms with Crippen molar-refractivity contribution in [3.05, 3.63) is 18.1 Å². The fourth-order valence-electron chi connectivity index (χ4n) is 1.93. The number of amides is 1. The quantitative estimate of drug-likeness (QED) is 0.816. The first-order valence-corrected chi connectivity index (χ1v) is 6.22. The Morgan fingerprint density at radius 3 is 2.68 bits per heavy atom. The van der Waals surface area contributed by atoms with Crippen LogP contribution in [0.1, 0.15) is 32.3 Å². The van der Waals surface area contributed by atoms with Gasteiger partial charge in [-0.15, -0.1) is 0 Å². The number of methoxy groups -OCH3 is 1. The van der Waals surface area contributed by atoms with Crippen molar-refractivity contribution in [1.82, 2.24) is 14.9 Å². The van der Waals surface area contributed by atoms with Gasteiger partial charge in [0.15, 0.2) is 0 Å². The predicted octanol–water partition coefficient (Wildman–Crippen LogP) is 1.82. The maximum atomic E-state index is 11.8. The predicted molar refractivity (Wildman–Crippen MR) is 69.1 cm³/mol. The molecule has 19 heavy (non-hydrogen) atoms. The molecule has 1 fully saturated rings. The van der Waals surface area contributed by atoms with Crippen molar-refractivity contribution in [2.24, 2.45) is 0 Å². The Hall–Kier alpha value is -1.85. The molecule has 2 heterocycles. The summed E-state index contributed by atoms with van der Waals surface area (Å²) in [6, 6.07) is 0. The number of aromatic nitrogens is 2. The summed E-state index contributed by atoms with van der Waals surface area (Å²) in [4.78, 5) is 21.5. The molecule has 0 spiro atoms. The largest absolute Gasteiger partial charge is 0.481 e. The van der Waals surface area contributed by atoms with Gasteiger partial charge < -0.3 is 14.4 Å². The highest BCUT2D eigenvalue weighted by Gasteiger charge is 2.36. The van der Waals surface area contributed by atoms with Crippen LogP contribution in [-0.2, 0) is 4.74 Å². The third-order valence-electron chi connectivity index (χ3n) is 2.87. The molecule has 6 heteroatoms. The minimum absolute atomic E-state index is 0.212. The van der Waals surface area contributed by atoms with Crippen molar-refractivity contribution in [2.75, 3.05) is 20.2 Å². The Morgan fingerprint density at radius 1 is 1.42 bits per heavy atom. The Bertz CT molecular complexity index is 464. The second-order valence-electron chi connectivity index (χ2n) is 5.57. The van der Waals surface area contributed by atoms with Crippen LogP contribution < -0.4 is 4.74 Å². The summed E-state index contributed by atoms with van der Waals surface area (Å²) in [6.07, 6.45) is 2.91. The maximum absolute atomic E-state index is 11.8. The van der Waals surface area contributed by atoms with E-state index >= 15 is 0 Å². The van der Waals surface area contributed by atoms with Crippen LogP contribution in [-0.4, -0.2) is 46.8 Å². The molecule has 2 rings (SSSR count). The topological polar surface area (TPSA) is 64.6 Å². The number of hydrogen-bond donors (Lipinski definition) is 0. The van der Waals surface area contributed by atoms with E-state index < -0.39 is 5.60 Å². The average molecular weight is 265 g/mol. The van der Waals surface area contributed by atoms with Crippen LogP contribution >= 0.6 is 0 Å². The lowest BCUT2D eigenvalue weighted by Gasteiger charge is -2.39. The smallest absolute Gasteiger partial charge is 0.410 e. The minimum atomic E-state index is -0.463. The lowest BCUT2D eigenvalue weighted by molar-refractivity contribution is 0.00792. The number of hydrogen-bond acceptors (Lipinski definition) is 5. The molecule has 1 amide bonds. The molecule has 0 bridgehead atoms. The van der Waals surface area contributed by atoms with Crippen LogP contribution in [0.15, 0.2) is 12.5 Å². The SMILES string of the molecule is COc1ncncc1C1CN(C(=O)OC(C)(C)C)C1. The summed E-state index contributed by atoms with van der Waals surface area (Å²) in [5.74, 6) is 0.785. The first-order chi connectivity index (χ1) is 8.90. The molecule has 0 atom stereocenters. The zero-order chi connectivity index (χ0) is 14.0. The molecule has 104 valence electrons. The molecular formula is C13H19N3O3. The number of likely N-dealkylation sites (tertiary alicyclic amines) is 1. The van der Waals surface area contributed by atoms with Gasteiger partial charge in [0.05, 0.1) is 7.11 Å². The summed E-state index contributed by atoms with van der Waals surface area (Å²) in [5.41, 5.74) is 0.472. The fourth-order valence-corrected chi connectivity index (χ4v) is 1.93. The molecule has 1 aliphatic heterocycles.